The third-order valence-electron chi connectivity index (χ3n) is 2.58. The number of carbonyl (C=O) groups excluding carboxylic acids is 1. The number of aromatic nitrogens is 4. The molecule has 1 amide bonds. The molecule has 0 aliphatic carbocycles. The van der Waals surface area contributed by atoms with Crippen LogP contribution in [0.3, 0.4) is 0 Å². The van der Waals surface area contributed by atoms with E-state index >= 15 is 0 Å². The number of aryl methyl sites for hydroxylation is 1. The maximum atomic E-state index is 11.3. The molecular formula is C10H13BrN6O. The highest BCUT2D eigenvalue weighted by molar-refractivity contribution is 9.10. The number of nitrogens with two attached hydrogens (primary N) is 1. The minimum absolute atomic E-state index is 0.276. The summed E-state index contributed by atoms with van der Waals surface area (Å²) in [4.78, 5) is 11.3. The first-order valence-corrected chi connectivity index (χ1v) is 6.06. The smallest absolute Gasteiger partial charge is 0.285 e. The number of amides is 1. The number of nitrogen functional groups attached to an aromatic ring is 1. The van der Waals surface area contributed by atoms with Gasteiger partial charge >= 0.3 is 0 Å². The van der Waals surface area contributed by atoms with Gasteiger partial charge in [-0.25, -0.2) is 10.5 Å². The normalized spacial score (nSPS) is 10.7. The molecule has 0 unspecified atom stereocenters. The van der Waals surface area contributed by atoms with Crippen molar-refractivity contribution in [2.24, 2.45) is 5.84 Å². The zero-order valence-corrected chi connectivity index (χ0v) is 11.6. The quantitative estimate of drug-likeness (QED) is 0.492. The lowest BCUT2D eigenvalue weighted by Crippen LogP contribution is -2.30. The highest BCUT2D eigenvalue weighted by Gasteiger charge is 2.11. The van der Waals surface area contributed by atoms with Gasteiger partial charge in [0.05, 0.1) is 15.9 Å². The number of rotatable bonds is 3. The lowest BCUT2D eigenvalue weighted by Gasteiger charge is -2.04. The van der Waals surface area contributed by atoms with E-state index in [0.29, 0.717) is 6.67 Å². The van der Waals surface area contributed by atoms with E-state index < -0.39 is 5.91 Å². The van der Waals surface area contributed by atoms with E-state index in [1.165, 1.54) is 0 Å². The fourth-order valence-corrected chi connectivity index (χ4v) is 1.87. The van der Waals surface area contributed by atoms with Gasteiger partial charge in [-0.2, -0.15) is 10.2 Å². The molecular weight excluding hydrogens is 300 g/mol. The summed E-state index contributed by atoms with van der Waals surface area (Å²) in [5.41, 5.74) is 4.24. The van der Waals surface area contributed by atoms with Gasteiger partial charge in [0, 0.05) is 6.20 Å². The van der Waals surface area contributed by atoms with E-state index in [1.54, 1.807) is 21.6 Å². The standard InChI is InChI=1S/C10H13BrN6O/c1-6-9(11)7(2)17(14-6)5-16-4-3-8(15-16)10(18)13-12/h3-4H,5,12H2,1-2H3,(H,13,18). The van der Waals surface area contributed by atoms with Crippen LogP contribution in [0.2, 0.25) is 0 Å². The van der Waals surface area contributed by atoms with Crippen LogP contribution in [0.25, 0.3) is 0 Å². The zero-order valence-electron chi connectivity index (χ0n) is 10.0. The van der Waals surface area contributed by atoms with Gasteiger partial charge in [-0.1, -0.05) is 0 Å². The number of hydrazine groups is 1. The van der Waals surface area contributed by atoms with E-state index in [-0.39, 0.29) is 5.69 Å². The van der Waals surface area contributed by atoms with E-state index in [4.69, 9.17) is 5.84 Å². The van der Waals surface area contributed by atoms with Crippen molar-refractivity contribution in [2.45, 2.75) is 20.5 Å². The van der Waals surface area contributed by atoms with Gasteiger partial charge in [-0.05, 0) is 35.8 Å². The molecule has 0 aliphatic rings. The lowest BCUT2D eigenvalue weighted by molar-refractivity contribution is 0.0947. The summed E-state index contributed by atoms with van der Waals surface area (Å²) in [7, 11) is 0. The first-order chi connectivity index (χ1) is 8.52. The summed E-state index contributed by atoms with van der Waals surface area (Å²) < 4.78 is 4.40. The van der Waals surface area contributed by atoms with Gasteiger partial charge < -0.3 is 0 Å². The van der Waals surface area contributed by atoms with Crippen molar-refractivity contribution < 1.29 is 4.79 Å². The second kappa shape index (κ2) is 4.91. The Morgan fingerprint density at radius 2 is 2.22 bits per heavy atom. The highest BCUT2D eigenvalue weighted by atomic mass is 79.9. The lowest BCUT2D eigenvalue weighted by atomic mass is 10.4. The van der Waals surface area contributed by atoms with Crippen LogP contribution < -0.4 is 11.3 Å². The number of carbonyl (C=O) groups is 1. The van der Waals surface area contributed by atoms with Crippen LogP contribution in [0.4, 0.5) is 0 Å². The predicted molar refractivity (Wildman–Crippen MR) is 68.7 cm³/mol. The molecule has 0 aromatic carbocycles. The number of nitrogens with zero attached hydrogens (tertiary/aromatic N) is 4. The highest BCUT2D eigenvalue weighted by Crippen LogP contribution is 2.19. The Morgan fingerprint density at radius 3 is 2.78 bits per heavy atom. The minimum atomic E-state index is -0.414. The van der Waals surface area contributed by atoms with Crippen LogP contribution in [0.5, 0.6) is 0 Å². The molecule has 96 valence electrons. The topological polar surface area (TPSA) is 90.8 Å². The summed E-state index contributed by atoms with van der Waals surface area (Å²) in [5.74, 6) is 4.63. The second-order valence-electron chi connectivity index (χ2n) is 3.84. The molecule has 7 nitrogen and oxygen atoms in total. The monoisotopic (exact) mass is 312 g/mol. The Kier molecular flexibility index (Phi) is 3.48. The molecule has 3 N–H and O–H groups in total. The number of halogens is 1. The molecule has 2 rings (SSSR count). The average Bonchev–Trinajstić information content (AvgIpc) is 2.91. The fourth-order valence-electron chi connectivity index (χ4n) is 1.59. The van der Waals surface area contributed by atoms with E-state index in [2.05, 4.69) is 26.1 Å². The molecule has 0 spiro atoms. The van der Waals surface area contributed by atoms with Crippen LogP contribution in [0, 0.1) is 13.8 Å². The van der Waals surface area contributed by atoms with Crippen LogP contribution in [-0.4, -0.2) is 25.5 Å². The van der Waals surface area contributed by atoms with E-state index in [0.717, 1.165) is 15.9 Å². The minimum Gasteiger partial charge on any atom is -0.289 e. The molecule has 2 aromatic rings. The molecule has 0 aliphatic heterocycles. The van der Waals surface area contributed by atoms with Crippen molar-refractivity contribution in [3.63, 3.8) is 0 Å². The third kappa shape index (κ3) is 2.29. The molecule has 2 heterocycles. The first kappa shape index (κ1) is 12.8. The third-order valence-corrected chi connectivity index (χ3v) is 3.72. The maximum Gasteiger partial charge on any atom is 0.285 e. The maximum absolute atomic E-state index is 11.3. The van der Waals surface area contributed by atoms with Crippen molar-refractivity contribution >= 4 is 21.8 Å². The molecule has 2 aromatic heterocycles. The summed E-state index contributed by atoms with van der Waals surface area (Å²) in [6.45, 7) is 4.32. The van der Waals surface area contributed by atoms with Crippen molar-refractivity contribution in [2.75, 3.05) is 0 Å². The molecule has 18 heavy (non-hydrogen) atoms. The van der Waals surface area contributed by atoms with Gasteiger partial charge in [0.25, 0.3) is 5.91 Å². The molecule has 0 bridgehead atoms. The van der Waals surface area contributed by atoms with Crippen molar-refractivity contribution in [3.8, 4) is 0 Å². The van der Waals surface area contributed by atoms with Gasteiger partial charge in [0.2, 0.25) is 0 Å². The Balaban J connectivity index is 2.21. The van der Waals surface area contributed by atoms with Crippen LogP contribution in [-0.2, 0) is 6.67 Å². The first-order valence-electron chi connectivity index (χ1n) is 5.27. The van der Waals surface area contributed by atoms with Gasteiger partial charge in [0.15, 0.2) is 5.69 Å². The Labute approximate surface area is 112 Å². The molecule has 0 radical (unpaired) electrons. The fraction of sp³-hybridized carbons (Fsp3) is 0.300. The Bertz CT molecular complexity index is 587. The van der Waals surface area contributed by atoms with Gasteiger partial charge in [-0.15, -0.1) is 0 Å². The van der Waals surface area contributed by atoms with E-state index in [9.17, 15) is 4.79 Å². The van der Waals surface area contributed by atoms with Crippen LogP contribution in [0.1, 0.15) is 21.9 Å². The Morgan fingerprint density at radius 1 is 1.50 bits per heavy atom. The number of hydrogen-bond donors (Lipinski definition) is 2. The molecule has 0 saturated heterocycles. The van der Waals surface area contributed by atoms with Crippen molar-refractivity contribution in [1.82, 2.24) is 25.0 Å². The molecule has 0 atom stereocenters. The summed E-state index contributed by atoms with van der Waals surface area (Å²) in [6, 6.07) is 1.60. The Hall–Kier alpha value is -1.67. The molecule has 8 heteroatoms. The zero-order chi connectivity index (χ0) is 13.3. The van der Waals surface area contributed by atoms with Gasteiger partial charge in [0.1, 0.15) is 6.67 Å². The van der Waals surface area contributed by atoms with Crippen LogP contribution in [0.15, 0.2) is 16.7 Å². The summed E-state index contributed by atoms with van der Waals surface area (Å²) >= 11 is 3.46. The van der Waals surface area contributed by atoms with E-state index in [1.807, 2.05) is 19.3 Å². The SMILES string of the molecule is Cc1nn(Cn2ccc(C(=O)NN)n2)c(C)c1Br. The van der Waals surface area contributed by atoms with Crippen molar-refractivity contribution in [3.05, 3.63) is 33.8 Å². The number of hydrogen-bond acceptors (Lipinski definition) is 4. The summed E-state index contributed by atoms with van der Waals surface area (Å²) in [6.07, 6.45) is 1.70. The molecule has 0 saturated carbocycles. The summed E-state index contributed by atoms with van der Waals surface area (Å²) in [5, 5.41) is 8.47. The molecule has 0 fully saturated rings. The number of nitrogens with one attached hydrogen (secondary N) is 1. The second-order valence-corrected chi connectivity index (χ2v) is 4.63. The van der Waals surface area contributed by atoms with Crippen LogP contribution >= 0.6 is 15.9 Å². The average molecular weight is 313 g/mol. The van der Waals surface area contributed by atoms with Crippen molar-refractivity contribution in [1.29, 1.82) is 0 Å². The largest absolute Gasteiger partial charge is 0.289 e. The van der Waals surface area contributed by atoms with Gasteiger partial charge in [-0.3, -0.25) is 14.9 Å². The predicted octanol–water partition coefficient (Wildman–Crippen LogP) is 0.568.